The van der Waals surface area contributed by atoms with Crippen molar-refractivity contribution in [3.8, 4) is 5.75 Å². The molecular weight excluding hydrogens is 318 g/mol. The Bertz CT molecular complexity index is 655. The van der Waals surface area contributed by atoms with Gasteiger partial charge in [-0.1, -0.05) is 6.07 Å². The molecule has 1 aliphatic rings. The zero-order valence-corrected chi connectivity index (χ0v) is 14.1. The molecule has 6 heteroatoms. The van der Waals surface area contributed by atoms with Crippen LogP contribution in [0, 0.1) is 0 Å². The lowest BCUT2D eigenvalue weighted by Crippen LogP contribution is -2.34. The van der Waals surface area contributed by atoms with Crippen molar-refractivity contribution in [2.45, 2.75) is 25.4 Å². The van der Waals surface area contributed by atoms with Crippen molar-refractivity contribution in [2.24, 2.45) is 0 Å². The van der Waals surface area contributed by atoms with E-state index in [0.29, 0.717) is 13.2 Å². The molecule has 6 nitrogen and oxygen atoms in total. The molecule has 1 aromatic carbocycles. The molecule has 0 radical (unpaired) electrons. The Morgan fingerprint density at radius 1 is 1.24 bits per heavy atom. The summed E-state index contributed by atoms with van der Waals surface area (Å²) in [6.45, 7) is 1.89. The van der Waals surface area contributed by atoms with E-state index >= 15 is 0 Å². The van der Waals surface area contributed by atoms with Crippen molar-refractivity contribution in [3.05, 3.63) is 54.4 Å². The van der Waals surface area contributed by atoms with Gasteiger partial charge in [0.05, 0.1) is 12.7 Å². The molecule has 0 bridgehead atoms. The van der Waals surface area contributed by atoms with E-state index in [9.17, 15) is 4.79 Å². The van der Waals surface area contributed by atoms with Crippen LogP contribution >= 0.6 is 0 Å². The van der Waals surface area contributed by atoms with Crippen molar-refractivity contribution in [2.75, 3.05) is 25.1 Å². The summed E-state index contributed by atoms with van der Waals surface area (Å²) in [6, 6.07) is 12.9. The Morgan fingerprint density at radius 2 is 2.12 bits per heavy atom. The third kappa shape index (κ3) is 5.76. The number of nitrogens with one attached hydrogen (secondary N) is 2. The average molecular weight is 341 g/mol. The van der Waals surface area contributed by atoms with Crippen LogP contribution in [0.25, 0.3) is 0 Å². The first kappa shape index (κ1) is 17.2. The SMILES string of the molecule is O=C(NC[C@@H]1CCCO1)Nc1ccc(OCCc2ccccn2)cc1. The summed E-state index contributed by atoms with van der Waals surface area (Å²) in [6.07, 6.45) is 4.74. The predicted octanol–water partition coefficient (Wildman–Crippen LogP) is 3.00. The number of amides is 2. The van der Waals surface area contributed by atoms with Gasteiger partial charge in [0.15, 0.2) is 0 Å². The van der Waals surface area contributed by atoms with Crippen molar-refractivity contribution in [1.29, 1.82) is 0 Å². The molecule has 0 unspecified atom stereocenters. The Balaban J connectivity index is 1.38. The molecule has 1 aliphatic heterocycles. The van der Waals surface area contributed by atoms with E-state index in [0.717, 1.165) is 43.0 Å². The Morgan fingerprint density at radius 3 is 2.84 bits per heavy atom. The first-order valence-electron chi connectivity index (χ1n) is 8.59. The van der Waals surface area contributed by atoms with E-state index < -0.39 is 0 Å². The highest BCUT2D eigenvalue weighted by Crippen LogP contribution is 2.16. The second-order valence-electron chi connectivity index (χ2n) is 5.91. The molecule has 25 heavy (non-hydrogen) atoms. The van der Waals surface area contributed by atoms with Gasteiger partial charge in [0.2, 0.25) is 0 Å². The minimum absolute atomic E-state index is 0.139. The molecule has 1 aromatic heterocycles. The lowest BCUT2D eigenvalue weighted by Gasteiger charge is -2.12. The Labute approximate surface area is 147 Å². The summed E-state index contributed by atoms with van der Waals surface area (Å²) in [5, 5.41) is 5.63. The number of hydrogen-bond acceptors (Lipinski definition) is 4. The van der Waals surface area contributed by atoms with Crippen LogP contribution in [0.3, 0.4) is 0 Å². The predicted molar refractivity (Wildman–Crippen MR) is 95.9 cm³/mol. The molecular formula is C19H23N3O3. The van der Waals surface area contributed by atoms with Crippen LogP contribution in [0.4, 0.5) is 10.5 Å². The molecule has 1 fully saturated rings. The van der Waals surface area contributed by atoms with Crippen LogP contribution in [0.2, 0.25) is 0 Å². The van der Waals surface area contributed by atoms with E-state index in [1.165, 1.54) is 0 Å². The Kier molecular flexibility index (Phi) is 6.23. The third-order valence-electron chi connectivity index (χ3n) is 3.98. The maximum absolute atomic E-state index is 11.9. The molecule has 3 rings (SSSR count). The molecule has 0 aliphatic carbocycles. The monoisotopic (exact) mass is 341 g/mol. The summed E-state index contributed by atoms with van der Waals surface area (Å²) < 4.78 is 11.2. The number of nitrogens with zero attached hydrogens (tertiary/aromatic N) is 1. The van der Waals surface area contributed by atoms with E-state index in [4.69, 9.17) is 9.47 Å². The van der Waals surface area contributed by atoms with Crippen LogP contribution < -0.4 is 15.4 Å². The Hall–Kier alpha value is -2.60. The van der Waals surface area contributed by atoms with Gasteiger partial charge >= 0.3 is 6.03 Å². The summed E-state index contributed by atoms with van der Waals surface area (Å²) >= 11 is 0. The number of carbonyl (C=O) groups excluding carboxylic acids is 1. The van der Waals surface area contributed by atoms with Gasteiger partial charge in [-0.05, 0) is 49.2 Å². The summed E-state index contributed by atoms with van der Waals surface area (Å²) in [4.78, 5) is 16.1. The van der Waals surface area contributed by atoms with E-state index in [2.05, 4.69) is 15.6 Å². The number of pyridine rings is 1. The fraction of sp³-hybridized carbons (Fsp3) is 0.368. The third-order valence-corrected chi connectivity index (χ3v) is 3.98. The summed E-state index contributed by atoms with van der Waals surface area (Å²) in [7, 11) is 0. The molecule has 2 amide bonds. The maximum Gasteiger partial charge on any atom is 0.319 e. The highest BCUT2D eigenvalue weighted by atomic mass is 16.5. The summed E-state index contributed by atoms with van der Waals surface area (Å²) in [5.41, 5.74) is 1.73. The first-order valence-corrected chi connectivity index (χ1v) is 8.59. The average Bonchev–Trinajstić information content (AvgIpc) is 3.16. The van der Waals surface area contributed by atoms with Gasteiger partial charge in [0, 0.05) is 37.2 Å². The number of ether oxygens (including phenoxy) is 2. The van der Waals surface area contributed by atoms with Crippen molar-refractivity contribution in [1.82, 2.24) is 10.3 Å². The van der Waals surface area contributed by atoms with Gasteiger partial charge < -0.3 is 20.1 Å². The van der Waals surface area contributed by atoms with Gasteiger partial charge in [0.1, 0.15) is 5.75 Å². The van der Waals surface area contributed by atoms with Crippen LogP contribution in [-0.4, -0.2) is 36.9 Å². The number of hydrogen-bond donors (Lipinski definition) is 2. The molecule has 132 valence electrons. The molecule has 0 spiro atoms. The quantitative estimate of drug-likeness (QED) is 0.812. The van der Waals surface area contributed by atoms with Gasteiger partial charge in [-0.25, -0.2) is 4.79 Å². The minimum Gasteiger partial charge on any atom is -0.493 e. The zero-order chi connectivity index (χ0) is 17.3. The smallest absolute Gasteiger partial charge is 0.319 e. The van der Waals surface area contributed by atoms with Gasteiger partial charge in [-0.3, -0.25) is 4.98 Å². The summed E-state index contributed by atoms with van der Waals surface area (Å²) in [5.74, 6) is 0.765. The minimum atomic E-state index is -0.223. The molecule has 2 aromatic rings. The second kappa shape index (κ2) is 9.03. The molecule has 2 N–H and O–H groups in total. The normalized spacial score (nSPS) is 16.4. The fourth-order valence-electron chi connectivity index (χ4n) is 2.64. The van der Waals surface area contributed by atoms with E-state index in [-0.39, 0.29) is 12.1 Å². The van der Waals surface area contributed by atoms with Gasteiger partial charge in [0.25, 0.3) is 0 Å². The first-order chi connectivity index (χ1) is 12.3. The van der Waals surface area contributed by atoms with Gasteiger partial charge in [-0.15, -0.1) is 0 Å². The molecule has 1 atom stereocenters. The number of urea groups is 1. The highest BCUT2D eigenvalue weighted by Gasteiger charge is 2.16. The van der Waals surface area contributed by atoms with Crippen LogP contribution in [0.5, 0.6) is 5.75 Å². The van der Waals surface area contributed by atoms with E-state index in [1.54, 1.807) is 6.20 Å². The molecule has 2 heterocycles. The van der Waals surface area contributed by atoms with Crippen molar-refractivity contribution < 1.29 is 14.3 Å². The van der Waals surface area contributed by atoms with Crippen molar-refractivity contribution in [3.63, 3.8) is 0 Å². The lowest BCUT2D eigenvalue weighted by molar-refractivity contribution is 0.112. The van der Waals surface area contributed by atoms with Crippen LogP contribution in [0.1, 0.15) is 18.5 Å². The second-order valence-corrected chi connectivity index (χ2v) is 5.91. The largest absolute Gasteiger partial charge is 0.493 e. The van der Waals surface area contributed by atoms with Crippen LogP contribution in [0.15, 0.2) is 48.7 Å². The van der Waals surface area contributed by atoms with Crippen molar-refractivity contribution >= 4 is 11.7 Å². The standard InChI is InChI=1S/C19H23N3O3/c23-19(21-14-18-5-3-12-24-18)22-16-6-8-17(9-7-16)25-13-10-15-4-1-2-11-20-15/h1-2,4,6-9,11,18H,3,5,10,12-14H2,(H2,21,22,23)/t18-/m0/s1. The fourth-order valence-corrected chi connectivity index (χ4v) is 2.64. The molecule has 0 saturated carbocycles. The lowest BCUT2D eigenvalue weighted by atomic mass is 10.2. The van der Waals surface area contributed by atoms with Crippen LogP contribution in [-0.2, 0) is 11.2 Å². The highest BCUT2D eigenvalue weighted by molar-refractivity contribution is 5.89. The zero-order valence-electron chi connectivity index (χ0n) is 14.1. The van der Waals surface area contributed by atoms with E-state index in [1.807, 2.05) is 42.5 Å². The number of carbonyl (C=O) groups is 1. The number of anilines is 1. The topological polar surface area (TPSA) is 72.5 Å². The number of benzene rings is 1. The number of aromatic nitrogens is 1. The maximum atomic E-state index is 11.9. The van der Waals surface area contributed by atoms with Gasteiger partial charge in [-0.2, -0.15) is 0 Å². The number of rotatable bonds is 7. The molecule has 1 saturated heterocycles.